The number of hydrogen-bond donors (Lipinski definition) is 1. The number of nitrogens with zero attached hydrogens (tertiary/aromatic N) is 1. The molecule has 6 nitrogen and oxygen atoms in total. The van der Waals surface area contributed by atoms with Crippen LogP contribution in [-0.2, 0) is 10.0 Å². The first kappa shape index (κ1) is 22.8. The molecule has 0 radical (unpaired) electrons. The van der Waals surface area contributed by atoms with Gasteiger partial charge in [-0.3, -0.25) is 4.79 Å². The lowest BCUT2D eigenvalue weighted by Crippen LogP contribution is -2.32. The minimum Gasteiger partial charge on any atom is -0.492 e. The average Bonchev–Trinajstić information content (AvgIpc) is 2.70. The molecule has 8 heteroatoms. The number of hydrogen-bond acceptors (Lipinski definition) is 4. The topological polar surface area (TPSA) is 75.7 Å². The highest BCUT2D eigenvalue weighted by molar-refractivity contribution is 7.89. The number of anilines is 1. The molecule has 0 fully saturated rings. The number of benzene rings is 2. The van der Waals surface area contributed by atoms with E-state index in [-0.39, 0.29) is 10.5 Å². The molecule has 0 saturated carbocycles. The molecule has 0 aliphatic carbocycles. The van der Waals surface area contributed by atoms with Crippen LogP contribution in [-0.4, -0.2) is 38.3 Å². The predicted octanol–water partition coefficient (Wildman–Crippen LogP) is 4.29. The maximum atomic E-state index is 14.3. The Bertz CT molecular complexity index is 947. The van der Waals surface area contributed by atoms with Crippen LogP contribution in [0, 0.1) is 5.82 Å². The van der Waals surface area contributed by atoms with Gasteiger partial charge in [0.05, 0.1) is 22.8 Å². The molecule has 0 spiro atoms. The number of para-hydroxylation sites is 2. The fraction of sp³-hybridized carbons (Fsp3) is 0.381. The summed E-state index contributed by atoms with van der Waals surface area (Å²) >= 11 is 0. The van der Waals surface area contributed by atoms with Gasteiger partial charge in [0, 0.05) is 13.1 Å². The van der Waals surface area contributed by atoms with E-state index >= 15 is 0 Å². The van der Waals surface area contributed by atoms with Gasteiger partial charge in [0.2, 0.25) is 10.0 Å². The molecule has 0 aliphatic heterocycles. The monoisotopic (exact) mass is 422 g/mol. The highest BCUT2D eigenvalue weighted by Crippen LogP contribution is 2.26. The van der Waals surface area contributed by atoms with E-state index < -0.39 is 21.7 Å². The van der Waals surface area contributed by atoms with Gasteiger partial charge in [-0.1, -0.05) is 32.4 Å². The van der Waals surface area contributed by atoms with Gasteiger partial charge in [-0.2, -0.15) is 4.31 Å². The quantitative estimate of drug-likeness (QED) is 0.620. The third-order valence-electron chi connectivity index (χ3n) is 4.37. The summed E-state index contributed by atoms with van der Waals surface area (Å²) in [4.78, 5) is 12.6. The Labute approximate surface area is 171 Å². The molecule has 0 saturated heterocycles. The molecule has 1 N–H and O–H groups in total. The number of rotatable bonds is 10. The summed E-state index contributed by atoms with van der Waals surface area (Å²) in [7, 11) is -3.82. The number of halogens is 1. The van der Waals surface area contributed by atoms with Crippen molar-refractivity contribution < 1.29 is 22.3 Å². The molecule has 0 aromatic heterocycles. The van der Waals surface area contributed by atoms with Crippen molar-refractivity contribution in [2.24, 2.45) is 0 Å². The number of amides is 1. The minimum atomic E-state index is -3.82. The first-order valence-electron chi connectivity index (χ1n) is 9.68. The molecule has 0 heterocycles. The summed E-state index contributed by atoms with van der Waals surface area (Å²) in [5.74, 6) is -1.10. The Morgan fingerprint density at radius 1 is 1.14 bits per heavy atom. The summed E-state index contributed by atoms with van der Waals surface area (Å²) in [6, 6.07) is 10.0. The van der Waals surface area contributed by atoms with Crippen LogP contribution in [0.4, 0.5) is 10.1 Å². The third kappa shape index (κ3) is 5.55. The predicted molar refractivity (Wildman–Crippen MR) is 111 cm³/mol. The van der Waals surface area contributed by atoms with Crippen molar-refractivity contribution in [2.45, 2.75) is 38.5 Å². The molecule has 29 heavy (non-hydrogen) atoms. The van der Waals surface area contributed by atoms with Gasteiger partial charge in [-0.25, -0.2) is 12.8 Å². The van der Waals surface area contributed by atoms with Crippen LogP contribution in [0.2, 0.25) is 0 Å². The van der Waals surface area contributed by atoms with Crippen molar-refractivity contribution in [1.29, 1.82) is 0 Å². The average molecular weight is 423 g/mol. The zero-order chi connectivity index (χ0) is 21.4. The molecule has 2 rings (SSSR count). The number of nitrogens with one attached hydrogen (secondary N) is 1. The van der Waals surface area contributed by atoms with Crippen molar-refractivity contribution in [3.63, 3.8) is 0 Å². The van der Waals surface area contributed by atoms with Crippen LogP contribution in [0.15, 0.2) is 47.4 Å². The summed E-state index contributed by atoms with van der Waals surface area (Å²) in [6.07, 6.45) is 1.57. The van der Waals surface area contributed by atoms with Crippen LogP contribution < -0.4 is 10.1 Å². The second kappa shape index (κ2) is 10.4. The molecule has 2 aromatic rings. The molecule has 0 unspecified atom stereocenters. The Hall–Kier alpha value is -2.45. The Morgan fingerprint density at radius 2 is 1.86 bits per heavy atom. The minimum absolute atomic E-state index is 0.111. The van der Waals surface area contributed by atoms with E-state index in [0.717, 1.165) is 25.0 Å². The van der Waals surface area contributed by atoms with Gasteiger partial charge in [0.15, 0.2) is 0 Å². The van der Waals surface area contributed by atoms with E-state index in [2.05, 4.69) is 5.32 Å². The Kier molecular flexibility index (Phi) is 8.16. The van der Waals surface area contributed by atoms with Gasteiger partial charge in [0.25, 0.3) is 5.91 Å². The highest BCUT2D eigenvalue weighted by Gasteiger charge is 2.25. The normalized spacial score (nSPS) is 11.5. The van der Waals surface area contributed by atoms with Crippen molar-refractivity contribution in [3.05, 3.63) is 53.8 Å². The van der Waals surface area contributed by atoms with Crippen molar-refractivity contribution in [3.8, 4) is 5.75 Å². The smallest absolute Gasteiger partial charge is 0.258 e. The van der Waals surface area contributed by atoms with Gasteiger partial charge < -0.3 is 10.1 Å². The summed E-state index contributed by atoms with van der Waals surface area (Å²) < 4.78 is 46.9. The standard InChI is InChI=1S/C21H27FN2O4S/c1-4-7-14-24(5-2)29(26,27)16-12-13-18(22)17(15-16)21(25)23-19-10-8-9-11-20(19)28-6-3/h8-13,15H,4-7,14H2,1-3H3,(H,23,25). The van der Waals surface area contributed by atoms with E-state index in [9.17, 15) is 17.6 Å². The molecule has 158 valence electrons. The SMILES string of the molecule is CCCCN(CC)S(=O)(=O)c1ccc(F)c(C(=O)Nc2ccccc2OCC)c1. The molecular weight excluding hydrogens is 395 g/mol. The summed E-state index contributed by atoms with van der Waals surface area (Å²) in [6.45, 7) is 6.60. The largest absolute Gasteiger partial charge is 0.492 e. The van der Waals surface area contributed by atoms with Gasteiger partial charge >= 0.3 is 0 Å². The second-order valence-corrected chi connectivity index (χ2v) is 8.31. The second-order valence-electron chi connectivity index (χ2n) is 6.38. The van der Waals surface area contributed by atoms with Gasteiger partial charge in [0.1, 0.15) is 11.6 Å². The number of carbonyl (C=O) groups is 1. The van der Waals surface area contributed by atoms with E-state index in [4.69, 9.17) is 4.74 Å². The molecule has 2 aromatic carbocycles. The van der Waals surface area contributed by atoms with Crippen LogP contribution in [0.1, 0.15) is 44.0 Å². The number of carbonyl (C=O) groups excluding carboxylic acids is 1. The number of sulfonamides is 1. The van der Waals surface area contributed by atoms with E-state index in [1.54, 1.807) is 31.2 Å². The highest BCUT2D eigenvalue weighted by atomic mass is 32.2. The molecule has 0 atom stereocenters. The fourth-order valence-electron chi connectivity index (χ4n) is 2.81. The summed E-state index contributed by atoms with van der Waals surface area (Å²) in [5, 5.41) is 2.60. The first-order chi connectivity index (χ1) is 13.8. The van der Waals surface area contributed by atoms with Crippen molar-refractivity contribution in [2.75, 3.05) is 25.0 Å². The zero-order valence-corrected chi connectivity index (χ0v) is 17.8. The maximum absolute atomic E-state index is 14.3. The zero-order valence-electron chi connectivity index (χ0n) is 16.9. The van der Waals surface area contributed by atoms with Crippen molar-refractivity contribution >= 4 is 21.6 Å². The lowest BCUT2D eigenvalue weighted by molar-refractivity contribution is 0.102. The Balaban J connectivity index is 2.34. The summed E-state index contributed by atoms with van der Waals surface area (Å²) in [5.41, 5.74) is 0.0362. The Morgan fingerprint density at radius 3 is 2.52 bits per heavy atom. The lowest BCUT2D eigenvalue weighted by atomic mass is 10.2. The molecule has 0 aliphatic rings. The van der Waals surface area contributed by atoms with Crippen LogP contribution in [0.5, 0.6) is 5.75 Å². The molecule has 0 bridgehead atoms. The first-order valence-corrected chi connectivity index (χ1v) is 11.1. The fourth-order valence-corrected chi connectivity index (χ4v) is 4.33. The van der Waals surface area contributed by atoms with Crippen LogP contribution >= 0.6 is 0 Å². The van der Waals surface area contributed by atoms with Crippen LogP contribution in [0.25, 0.3) is 0 Å². The number of ether oxygens (including phenoxy) is 1. The van der Waals surface area contributed by atoms with Crippen molar-refractivity contribution in [1.82, 2.24) is 4.31 Å². The maximum Gasteiger partial charge on any atom is 0.258 e. The van der Waals surface area contributed by atoms with E-state index in [1.807, 2.05) is 13.8 Å². The van der Waals surface area contributed by atoms with E-state index in [0.29, 0.717) is 31.1 Å². The number of unbranched alkanes of at least 4 members (excludes halogenated alkanes) is 1. The van der Waals surface area contributed by atoms with Crippen LogP contribution in [0.3, 0.4) is 0 Å². The molecule has 1 amide bonds. The molecular formula is C21H27FN2O4S. The van der Waals surface area contributed by atoms with Gasteiger partial charge in [-0.05, 0) is 43.7 Å². The third-order valence-corrected chi connectivity index (χ3v) is 6.34. The van der Waals surface area contributed by atoms with Gasteiger partial charge in [-0.15, -0.1) is 0 Å². The van der Waals surface area contributed by atoms with E-state index in [1.165, 1.54) is 10.4 Å². The lowest BCUT2D eigenvalue weighted by Gasteiger charge is -2.20.